The number of hydrogen-bond acceptors (Lipinski definition) is 4. The predicted molar refractivity (Wildman–Crippen MR) is 54.4 cm³/mol. The van der Waals surface area contributed by atoms with Crippen LogP contribution in [0.5, 0.6) is 0 Å². The largest absolute Gasteiger partial charge is 0.385 e. The summed E-state index contributed by atoms with van der Waals surface area (Å²) in [6.07, 6.45) is 3.19. The second kappa shape index (κ2) is 4.72. The van der Waals surface area contributed by atoms with Crippen LogP contribution < -0.4 is 0 Å². The van der Waals surface area contributed by atoms with Crippen LogP contribution in [0.1, 0.15) is 37.0 Å². The van der Waals surface area contributed by atoms with Crippen molar-refractivity contribution < 1.29 is 9.84 Å². The van der Waals surface area contributed by atoms with Crippen molar-refractivity contribution in [3.63, 3.8) is 0 Å². The van der Waals surface area contributed by atoms with Gasteiger partial charge in [-0.05, 0) is 19.3 Å². The molecule has 1 atom stereocenters. The number of aryl methyl sites for hydroxylation is 1. The monoisotopic (exact) mass is 211 g/mol. The fraction of sp³-hybridized carbons (Fsp3) is 0.800. The zero-order chi connectivity index (χ0) is 10.7. The quantitative estimate of drug-likeness (QED) is 0.744. The molecule has 0 saturated carbocycles. The van der Waals surface area contributed by atoms with Gasteiger partial charge in [-0.25, -0.2) is 0 Å². The van der Waals surface area contributed by atoms with Crippen molar-refractivity contribution in [3.8, 4) is 0 Å². The van der Waals surface area contributed by atoms with Gasteiger partial charge < -0.3 is 14.4 Å². The molecule has 5 heteroatoms. The molecular formula is C10H17N3O2. The molecule has 2 heterocycles. The Morgan fingerprint density at radius 3 is 3.20 bits per heavy atom. The molecule has 0 amide bonds. The van der Waals surface area contributed by atoms with Crippen molar-refractivity contribution in [1.82, 2.24) is 14.8 Å². The number of rotatable bonds is 4. The molecule has 0 aromatic carbocycles. The zero-order valence-corrected chi connectivity index (χ0v) is 9.02. The molecule has 15 heavy (non-hydrogen) atoms. The molecule has 2 rings (SSSR count). The van der Waals surface area contributed by atoms with E-state index in [4.69, 9.17) is 4.74 Å². The minimum Gasteiger partial charge on any atom is -0.385 e. The summed E-state index contributed by atoms with van der Waals surface area (Å²) in [5.41, 5.74) is 0. The van der Waals surface area contributed by atoms with E-state index in [1.165, 1.54) is 0 Å². The highest BCUT2D eigenvalue weighted by atomic mass is 16.5. The number of aliphatic hydroxyl groups is 1. The van der Waals surface area contributed by atoms with Crippen LogP contribution >= 0.6 is 0 Å². The first-order valence-electron chi connectivity index (χ1n) is 5.42. The number of aromatic nitrogens is 3. The average molecular weight is 211 g/mol. The Bertz CT molecular complexity index is 324. The van der Waals surface area contributed by atoms with Gasteiger partial charge in [0.1, 0.15) is 11.9 Å². The molecule has 0 fully saturated rings. The predicted octanol–water partition coefficient (Wildman–Crippen LogP) is 0.684. The lowest BCUT2D eigenvalue weighted by Crippen LogP contribution is -2.17. The molecule has 1 aromatic rings. The third-order valence-corrected chi connectivity index (χ3v) is 2.76. The van der Waals surface area contributed by atoms with Crippen LogP contribution in [-0.2, 0) is 17.7 Å². The van der Waals surface area contributed by atoms with Gasteiger partial charge >= 0.3 is 0 Å². The number of methoxy groups -OCH3 is 1. The maximum absolute atomic E-state index is 9.70. The first-order chi connectivity index (χ1) is 7.33. The van der Waals surface area contributed by atoms with Gasteiger partial charge in [-0.3, -0.25) is 0 Å². The van der Waals surface area contributed by atoms with E-state index in [2.05, 4.69) is 10.2 Å². The smallest absolute Gasteiger partial charge is 0.161 e. The van der Waals surface area contributed by atoms with E-state index in [0.29, 0.717) is 0 Å². The topological polar surface area (TPSA) is 60.2 Å². The van der Waals surface area contributed by atoms with E-state index in [0.717, 1.165) is 50.5 Å². The van der Waals surface area contributed by atoms with Gasteiger partial charge in [-0.1, -0.05) is 0 Å². The Morgan fingerprint density at radius 1 is 1.53 bits per heavy atom. The minimum atomic E-state index is -0.428. The number of fused-ring (bicyclic) bond motifs is 1. The lowest BCUT2D eigenvalue weighted by Gasteiger charge is -2.19. The Balaban J connectivity index is 2.06. The molecular weight excluding hydrogens is 194 g/mol. The number of ether oxygens (including phenoxy) is 1. The summed E-state index contributed by atoms with van der Waals surface area (Å²) in [7, 11) is 1.70. The lowest BCUT2D eigenvalue weighted by molar-refractivity contribution is 0.132. The average Bonchev–Trinajstić information content (AvgIpc) is 2.64. The van der Waals surface area contributed by atoms with E-state index >= 15 is 0 Å². The van der Waals surface area contributed by atoms with Crippen molar-refractivity contribution >= 4 is 0 Å². The van der Waals surface area contributed by atoms with Crippen molar-refractivity contribution in [2.75, 3.05) is 13.7 Å². The SMILES string of the molecule is COCCCc1nnc2n1CCCC2O. The van der Waals surface area contributed by atoms with Gasteiger partial charge in [0, 0.05) is 26.7 Å². The Labute approximate surface area is 89.1 Å². The molecule has 1 aliphatic rings. The molecule has 0 aliphatic carbocycles. The lowest BCUT2D eigenvalue weighted by atomic mass is 10.1. The molecule has 5 nitrogen and oxygen atoms in total. The number of hydrogen-bond donors (Lipinski definition) is 1. The Kier molecular flexibility index (Phi) is 3.33. The first kappa shape index (κ1) is 10.6. The van der Waals surface area contributed by atoms with E-state index in [1.807, 2.05) is 4.57 Å². The van der Waals surface area contributed by atoms with Gasteiger partial charge in [0.15, 0.2) is 5.82 Å². The first-order valence-corrected chi connectivity index (χ1v) is 5.42. The highest BCUT2D eigenvalue weighted by molar-refractivity contribution is 5.02. The maximum Gasteiger partial charge on any atom is 0.161 e. The van der Waals surface area contributed by atoms with Crippen LogP contribution in [0.15, 0.2) is 0 Å². The molecule has 84 valence electrons. The molecule has 0 spiro atoms. The highest BCUT2D eigenvalue weighted by Gasteiger charge is 2.22. The van der Waals surface area contributed by atoms with Crippen LogP contribution in [0.2, 0.25) is 0 Å². The third kappa shape index (κ3) is 2.18. The minimum absolute atomic E-state index is 0.428. The van der Waals surface area contributed by atoms with Gasteiger partial charge in [0.2, 0.25) is 0 Å². The van der Waals surface area contributed by atoms with Crippen LogP contribution in [0.4, 0.5) is 0 Å². The summed E-state index contributed by atoms with van der Waals surface area (Å²) in [6.45, 7) is 1.67. The molecule has 0 saturated heterocycles. The Hall–Kier alpha value is -0.940. The van der Waals surface area contributed by atoms with Crippen molar-refractivity contribution in [1.29, 1.82) is 0 Å². The maximum atomic E-state index is 9.70. The number of nitrogens with zero attached hydrogens (tertiary/aromatic N) is 3. The summed E-state index contributed by atoms with van der Waals surface area (Å²) >= 11 is 0. The van der Waals surface area contributed by atoms with Crippen LogP contribution in [-0.4, -0.2) is 33.6 Å². The van der Waals surface area contributed by atoms with E-state index in [-0.39, 0.29) is 0 Å². The van der Waals surface area contributed by atoms with Gasteiger partial charge in [0.25, 0.3) is 0 Å². The summed E-state index contributed by atoms with van der Waals surface area (Å²) in [6, 6.07) is 0. The standard InChI is InChI=1S/C10H17N3O2/c1-15-7-3-5-9-11-12-10-8(14)4-2-6-13(9)10/h8,14H,2-7H2,1H3. The molecule has 0 radical (unpaired) electrons. The summed E-state index contributed by atoms with van der Waals surface area (Å²) in [5.74, 6) is 1.70. The molecule has 0 bridgehead atoms. The van der Waals surface area contributed by atoms with Crippen LogP contribution in [0.3, 0.4) is 0 Å². The summed E-state index contributed by atoms with van der Waals surface area (Å²) in [5, 5.41) is 17.9. The van der Waals surface area contributed by atoms with E-state index in [1.54, 1.807) is 7.11 Å². The second-order valence-corrected chi connectivity index (χ2v) is 3.88. The van der Waals surface area contributed by atoms with Gasteiger partial charge in [-0.15, -0.1) is 10.2 Å². The third-order valence-electron chi connectivity index (χ3n) is 2.76. The van der Waals surface area contributed by atoms with Crippen molar-refractivity contribution in [2.45, 2.75) is 38.3 Å². The Morgan fingerprint density at radius 2 is 2.40 bits per heavy atom. The zero-order valence-electron chi connectivity index (χ0n) is 9.02. The molecule has 1 aromatic heterocycles. The van der Waals surface area contributed by atoms with Crippen molar-refractivity contribution in [3.05, 3.63) is 11.6 Å². The van der Waals surface area contributed by atoms with Crippen LogP contribution in [0.25, 0.3) is 0 Å². The summed E-state index contributed by atoms with van der Waals surface area (Å²) in [4.78, 5) is 0. The molecule has 1 N–H and O–H groups in total. The van der Waals surface area contributed by atoms with Gasteiger partial charge in [0.05, 0.1) is 0 Å². The second-order valence-electron chi connectivity index (χ2n) is 3.88. The normalized spacial score (nSPS) is 20.3. The summed E-state index contributed by atoms with van der Waals surface area (Å²) < 4.78 is 7.04. The van der Waals surface area contributed by atoms with Crippen LogP contribution in [0, 0.1) is 0 Å². The fourth-order valence-electron chi connectivity index (χ4n) is 1.97. The van der Waals surface area contributed by atoms with E-state index in [9.17, 15) is 5.11 Å². The van der Waals surface area contributed by atoms with Gasteiger partial charge in [-0.2, -0.15) is 0 Å². The van der Waals surface area contributed by atoms with E-state index < -0.39 is 6.10 Å². The number of aliphatic hydroxyl groups excluding tert-OH is 1. The fourth-order valence-corrected chi connectivity index (χ4v) is 1.97. The van der Waals surface area contributed by atoms with Crippen molar-refractivity contribution in [2.24, 2.45) is 0 Å². The highest BCUT2D eigenvalue weighted by Crippen LogP contribution is 2.23. The molecule has 1 aliphatic heterocycles. The molecule has 1 unspecified atom stereocenters.